The fourth-order valence-corrected chi connectivity index (χ4v) is 8.31. The van der Waals surface area contributed by atoms with Gasteiger partial charge in [0, 0.05) is 50.6 Å². The molecule has 0 heterocycles. The van der Waals surface area contributed by atoms with Gasteiger partial charge < -0.3 is 19.6 Å². The SMILES string of the molecule is CC(C)[C@H]1CC[C@H](C)C[C@H]1O[P@@](=O)(c1ccc(N(C)C)cc1)[C@H](Nc1ccccc1)c1ccc(N(C)C)cc1. The molecule has 5 atom stereocenters. The molecule has 4 rings (SSSR count). The standard InChI is InChI=1S/C33H46N3O2P/c1-24(2)31-22-13-25(3)23-32(31)38-39(37,30-20-18-29(19-21-30)36(6)7)33(34-27-11-9-8-10-12-27)26-14-16-28(17-15-26)35(4)5/h8-12,14-21,24-25,31-34H,13,22-23H2,1-7H3/t25-,31+,32+,33-,39-/m0/s1. The van der Waals surface area contributed by atoms with E-state index in [1.165, 1.54) is 6.42 Å². The molecule has 1 N–H and O–H groups in total. The van der Waals surface area contributed by atoms with Crippen LogP contribution in [0.15, 0.2) is 78.9 Å². The van der Waals surface area contributed by atoms with E-state index in [0.717, 1.165) is 40.8 Å². The van der Waals surface area contributed by atoms with Crippen LogP contribution in [0.25, 0.3) is 0 Å². The average molecular weight is 548 g/mol. The Balaban J connectivity index is 1.85. The van der Waals surface area contributed by atoms with Crippen molar-refractivity contribution in [2.45, 2.75) is 51.9 Å². The molecule has 3 aromatic rings. The fourth-order valence-electron chi connectivity index (χ4n) is 5.68. The van der Waals surface area contributed by atoms with Gasteiger partial charge in [-0.25, -0.2) is 0 Å². The number of benzene rings is 3. The minimum absolute atomic E-state index is 0.0609. The minimum Gasteiger partial charge on any atom is -0.378 e. The quantitative estimate of drug-likeness (QED) is 0.261. The molecule has 1 aliphatic rings. The van der Waals surface area contributed by atoms with E-state index in [0.29, 0.717) is 17.8 Å². The molecule has 0 aromatic heterocycles. The number of nitrogens with one attached hydrogen (secondary N) is 1. The van der Waals surface area contributed by atoms with Gasteiger partial charge in [0.2, 0.25) is 0 Å². The molecule has 6 heteroatoms. The third kappa shape index (κ3) is 6.88. The van der Waals surface area contributed by atoms with Gasteiger partial charge in [-0.2, -0.15) is 0 Å². The van der Waals surface area contributed by atoms with E-state index in [-0.39, 0.29) is 6.10 Å². The van der Waals surface area contributed by atoms with Crippen LogP contribution in [0.5, 0.6) is 0 Å². The Bertz CT molecular complexity index is 1230. The number of para-hydroxylation sites is 1. The number of hydrogen-bond donors (Lipinski definition) is 1. The second-order valence-corrected chi connectivity index (χ2v) is 14.3. The Morgan fingerprint density at radius 3 is 1.92 bits per heavy atom. The summed E-state index contributed by atoms with van der Waals surface area (Å²) < 4.78 is 22.7. The smallest absolute Gasteiger partial charge is 0.258 e. The van der Waals surface area contributed by atoms with Crippen molar-refractivity contribution in [3.8, 4) is 0 Å². The van der Waals surface area contributed by atoms with Gasteiger partial charge in [0.15, 0.2) is 0 Å². The second-order valence-electron chi connectivity index (χ2n) is 11.9. The number of hydrogen-bond acceptors (Lipinski definition) is 5. The Kier molecular flexibility index (Phi) is 9.46. The van der Waals surface area contributed by atoms with Crippen LogP contribution < -0.4 is 20.4 Å². The highest BCUT2D eigenvalue weighted by Crippen LogP contribution is 2.61. The van der Waals surface area contributed by atoms with Gasteiger partial charge in [0.1, 0.15) is 5.78 Å². The first-order chi connectivity index (χ1) is 18.6. The maximum Gasteiger partial charge on any atom is 0.258 e. The Hall–Kier alpha value is -2.75. The third-order valence-corrected chi connectivity index (χ3v) is 10.8. The summed E-state index contributed by atoms with van der Waals surface area (Å²) >= 11 is 0. The summed E-state index contributed by atoms with van der Waals surface area (Å²) in [4.78, 5) is 4.14. The van der Waals surface area contributed by atoms with Crippen molar-refractivity contribution >= 4 is 29.7 Å². The highest BCUT2D eigenvalue weighted by molar-refractivity contribution is 7.67. The van der Waals surface area contributed by atoms with Crippen LogP contribution in [0.2, 0.25) is 0 Å². The number of nitrogens with zero attached hydrogens (tertiary/aromatic N) is 2. The predicted molar refractivity (Wildman–Crippen MR) is 168 cm³/mol. The first-order valence-corrected chi connectivity index (χ1v) is 15.9. The first-order valence-electron chi connectivity index (χ1n) is 14.2. The van der Waals surface area contributed by atoms with Crippen LogP contribution in [0.3, 0.4) is 0 Å². The molecule has 0 spiro atoms. The summed E-state index contributed by atoms with van der Waals surface area (Å²) in [5, 5.41) is 4.40. The van der Waals surface area contributed by atoms with Gasteiger partial charge >= 0.3 is 0 Å². The highest BCUT2D eigenvalue weighted by Gasteiger charge is 2.43. The lowest BCUT2D eigenvalue weighted by atomic mass is 9.75. The van der Waals surface area contributed by atoms with Crippen molar-refractivity contribution < 1.29 is 9.09 Å². The normalized spacial score (nSPS) is 21.7. The minimum atomic E-state index is -3.47. The van der Waals surface area contributed by atoms with Crippen LogP contribution in [0.4, 0.5) is 17.1 Å². The van der Waals surface area contributed by atoms with Crippen molar-refractivity contribution in [3.63, 3.8) is 0 Å². The molecule has 0 bridgehead atoms. The lowest BCUT2D eigenvalue weighted by Gasteiger charge is -2.41. The molecule has 1 fully saturated rings. The van der Waals surface area contributed by atoms with Crippen molar-refractivity contribution in [2.75, 3.05) is 43.3 Å². The number of rotatable bonds is 10. The van der Waals surface area contributed by atoms with Crippen LogP contribution >= 0.6 is 7.37 Å². The maximum absolute atomic E-state index is 15.7. The topological polar surface area (TPSA) is 44.8 Å². The van der Waals surface area contributed by atoms with Crippen LogP contribution in [0.1, 0.15) is 51.4 Å². The van der Waals surface area contributed by atoms with E-state index in [2.05, 4.69) is 60.2 Å². The monoisotopic (exact) mass is 547 g/mol. The molecular weight excluding hydrogens is 501 g/mol. The van der Waals surface area contributed by atoms with E-state index in [9.17, 15) is 0 Å². The molecule has 0 unspecified atom stereocenters. The second kappa shape index (κ2) is 12.6. The van der Waals surface area contributed by atoms with E-state index >= 15 is 4.57 Å². The van der Waals surface area contributed by atoms with Gasteiger partial charge in [0.05, 0.1) is 6.10 Å². The summed E-state index contributed by atoms with van der Waals surface area (Å²) in [5.41, 5.74) is 4.04. The molecule has 3 aromatic carbocycles. The molecule has 0 amide bonds. The molecule has 0 saturated heterocycles. The zero-order valence-corrected chi connectivity index (χ0v) is 25.6. The Morgan fingerprint density at radius 2 is 1.38 bits per heavy atom. The molecule has 1 saturated carbocycles. The van der Waals surface area contributed by atoms with Crippen LogP contribution in [-0.4, -0.2) is 34.3 Å². The van der Waals surface area contributed by atoms with E-state index in [1.807, 2.05) is 82.8 Å². The summed E-state index contributed by atoms with van der Waals surface area (Å²) in [5.74, 6) is 0.858. The van der Waals surface area contributed by atoms with Gasteiger partial charge in [-0.15, -0.1) is 0 Å². The lowest BCUT2D eigenvalue weighted by molar-refractivity contribution is 0.0489. The molecule has 5 nitrogen and oxygen atoms in total. The largest absolute Gasteiger partial charge is 0.378 e. The molecule has 0 radical (unpaired) electrons. The Labute approximate surface area is 236 Å². The predicted octanol–water partition coefficient (Wildman–Crippen LogP) is 8.01. The van der Waals surface area contributed by atoms with Gasteiger partial charge in [0.25, 0.3) is 7.37 Å². The summed E-state index contributed by atoms with van der Waals surface area (Å²) in [6.45, 7) is 6.84. The Morgan fingerprint density at radius 1 is 0.821 bits per heavy atom. The maximum atomic E-state index is 15.7. The third-order valence-electron chi connectivity index (χ3n) is 8.12. The summed E-state index contributed by atoms with van der Waals surface area (Å²) in [6, 6.07) is 26.5. The molecule has 210 valence electrons. The zero-order valence-electron chi connectivity index (χ0n) is 24.7. The van der Waals surface area contributed by atoms with Gasteiger partial charge in [-0.3, -0.25) is 4.57 Å². The average Bonchev–Trinajstić information content (AvgIpc) is 2.92. The molecule has 1 aliphatic carbocycles. The van der Waals surface area contributed by atoms with E-state index in [1.54, 1.807) is 0 Å². The molecule has 0 aliphatic heterocycles. The molecule has 39 heavy (non-hydrogen) atoms. The van der Waals surface area contributed by atoms with E-state index < -0.39 is 13.2 Å². The van der Waals surface area contributed by atoms with Crippen molar-refractivity contribution in [1.82, 2.24) is 0 Å². The van der Waals surface area contributed by atoms with Crippen LogP contribution in [-0.2, 0) is 9.09 Å². The zero-order chi connectivity index (χ0) is 28.2. The summed E-state index contributed by atoms with van der Waals surface area (Å²) in [6.07, 6.45) is 3.18. The van der Waals surface area contributed by atoms with Crippen LogP contribution in [0, 0.1) is 17.8 Å². The van der Waals surface area contributed by atoms with Gasteiger partial charge in [-0.1, -0.05) is 57.5 Å². The van der Waals surface area contributed by atoms with Crippen molar-refractivity contribution in [2.24, 2.45) is 17.8 Å². The first kappa shape index (κ1) is 29.2. The van der Waals surface area contributed by atoms with Crippen molar-refractivity contribution in [1.29, 1.82) is 0 Å². The van der Waals surface area contributed by atoms with Gasteiger partial charge in [-0.05, 0) is 84.7 Å². The lowest BCUT2D eigenvalue weighted by Crippen LogP contribution is -2.35. The number of anilines is 3. The van der Waals surface area contributed by atoms with Crippen molar-refractivity contribution in [3.05, 3.63) is 84.4 Å². The molecular formula is C33H46N3O2P. The highest BCUT2D eigenvalue weighted by atomic mass is 31.2. The fraction of sp³-hybridized carbons (Fsp3) is 0.455. The van der Waals surface area contributed by atoms with E-state index in [4.69, 9.17) is 4.52 Å². The summed E-state index contributed by atoms with van der Waals surface area (Å²) in [7, 11) is 4.64.